The van der Waals surface area contributed by atoms with Gasteiger partial charge in [0.05, 0.1) is 17.5 Å². The molecule has 114 valence electrons. The molecule has 1 fully saturated rings. The number of nitrogens with one attached hydrogen (secondary N) is 1. The fraction of sp³-hybridized carbons (Fsp3) is 0.429. The van der Waals surface area contributed by atoms with Crippen LogP contribution in [0, 0.1) is 11.8 Å². The molecule has 0 bridgehead atoms. The zero-order valence-corrected chi connectivity index (χ0v) is 15.8. The van der Waals surface area contributed by atoms with Crippen LogP contribution in [0.2, 0.25) is 0 Å². The van der Waals surface area contributed by atoms with E-state index in [0.717, 1.165) is 26.3 Å². The third-order valence-corrected chi connectivity index (χ3v) is 5.38. The first-order valence-electron chi connectivity index (χ1n) is 6.58. The van der Waals surface area contributed by atoms with E-state index in [4.69, 9.17) is 0 Å². The quantitative estimate of drug-likeness (QED) is 0.648. The lowest BCUT2D eigenvalue weighted by atomic mass is 9.78. The smallest absolute Gasteiger partial charge is 0.307 e. The van der Waals surface area contributed by atoms with Gasteiger partial charge in [-0.15, -0.1) is 0 Å². The Labute approximate surface area is 148 Å². The van der Waals surface area contributed by atoms with Crippen molar-refractivity contribution in [2.75, 3.05) is 5.32 Å². The third-order valence-electron chi connectivity index (χ3n) is 3.68. The molecule has 0 radical (unpaired) electrons. The lowest BCUT2D eigenvalue weighted by molar-refractivity contribution is -0.147. The van der Waals surface area contributed by atoms with Gasteiger partial charge in [0.15, 0.2) is 0 Å². The summed E-state index contributed by atoms with van der Waals surface area (Å²) in [5.41, 5.74) is 0.623. The molecule has 1 aromatic carbocycles. The van der Waals surface area contributed by atoms with Crippen LogP contribution in [0.25, 0.3) is 0 Å². The summed E-state index contributed by atoms with van der Waals surface area (Å²) in [6, 6.07) is 3.66. The summed E-state index contributed by atoms with van der Waals surface area (Å²) in [6.45, 7) is 0. The Kier molecular flexibility index (Phi) is 5.85. The van der Waals surface area contributed by atoms with Crippen LogP contribution < -0.4 is 5.32 Å². The highest BCUT2D eigenvalue weighted by atomic mass is 79.9. The fourth-order valence-corrected chi connectivity index (χ4v) is 5.07. The Morgan fingerprint density at radius 1 is 1.05 bits per heavy atom. The number of carbonyl (C=O) groups excluding carboxylic acids is 1. The topological polar surface area (TPSA) is 66.4 Å². The molecule has 2 rings (SSSR count). The summed E-state index contributed by atoms with van der Waals surface area (Å²) < 4.78 is 2.35. The molecule has 4 nitrogen and oxygen atoms in total. The van der Waals surface area contributed by atoms with Gasteiger partial charge in [-0.05, 0) is 56.8 Å². The predicted molar refractivity (Wildman–Crippen MR) is 91.3 cm³/mol. The second-order valence-electron chi connectivity index (χ2n) is 5.07. The van der Waals surface area contributed by atoms with Gasteiger partial charge in [0, 0.05) is 13.4 Å². The van der Waals surface area contributed by atoms with Crippen molar-refractivity contribution in [2.24, 2.45) is 11.8 Å². The number of carbonyl (C=O) groups is 2. The maximum atomic E-state index is 12.4. The SMILES string of the molecule is O=C(O)C1CCCCC1C(=O)Nc1c(Br)cc(Br)cc1Br. The number of halogens is 3. The van der Waals surface area contributed by atoms with Gasteiger partial charge >= 0.3 is 5.97 Å². The molecule has 0 heterocycles. The van der Waals surface area contributed by atoms with Gasteiger partial charge in [0.1, 0.15) is 0 Å². The number of hydrogen-bond acceptors (Lipinski definition) is 2. The maximum Gasteiger partial charge on any atom is 0.307 e. The Balaban J connectivity index is 2.19. The van der Waals surface area contributed by atoms with Gasteiger partial charge in [0.25, 0.3) is 0 Å². The predicted octanol–water partition coefficient (Wildman–Crippen LogP) is 4.80. The molecule has 2 N–H and O–H groups in total. The lowest BCUT2D eigenvalue weighted by Crippen LogP contribution is -2.36. The van der Waals surface area contributed by atoms with Crippen molar-refractivity contribution < 1.29 is 14.7 Å². The first-order valence-corrected chi connectivity index (χ1v) is 8.96. The highest BCUT2D eigenvalue weighted by Crippen LogP contribution is 2.36. The Morgan fingerprint density at radius 3 is 2.10 bits per heavy atom. The van der Waals surface area contributed by atoms with Crippen molar-refractivity contribution in [3.63, 3.8) is 0 Å². The number of carboxylic acid groups (broad SMARTS) is 1. The van der Waals surface area contributed by atoms with Crippen LogP contribution in [0.4, 0.5) is 5.69 Å². The number of benzene rings is 1. The van der Waals surface area contributed by atoms with Crippen molar-refractivity contribution in [1.82, 2.24) is 0 Å². The maximum absolute atomic E-state index is 12.4. The van der Waals surface area contributed by atoms with Gasteiger partial charge in [-0.2, -0.15) is 0 Å². The molecule has 0 spiro atoms. The van der Waals surface area contributed by atoms with Gasteiger partial charge in [-0.1, -0.05) is 28.8 Å². The summed E-state index contributed by atoms with van der Waals surface area (Å²) in [6.07, 6.45) is 2.95. The molecule has 2 unspecified atom stereocenters. The van der Waals surface area contributed by atoms with E-state index in [1.807, 2.05) is 12.1 Å². The largest absolute Gasteiger partial charge is 0.481 e. The standard InChI is InChI=1S/C14H14Br3NO3/c15-7-5-10(16)12(11(17)6-7)18-13(19)8-3-1-2-4-9(8)14(20)21/h5-6,8-9H,1-4H2,(H,18,19)(H,20,21). The number of hydrogen-bond donors (Lipinski definition) is 2. The van der Waals surface area contributed by atoms with Gasteiger partial charge in [-0.3, -0.25) is 9.59 Å². The van der Waals surface area contributed by atoms with Crippen LogP contribution in [0.1, 0.15) is 25.7 Å². The molecule has 1 aromatic rings. The van der Waals surface area contributed by atoms with Gasteiger partial charge < -0.3 is 10.4 Å². The number of amides is 1. The molecule has 1 amide bonds. The van der Waals surface area contributed by atoms with Crippen LogP contribution in [0.3, 0.4) is 0 Å². The first kappa shape index (κ1) is 17.0. The molecular weight excluding hydrogens is 470 g/mol. The van der Waals surface area contributed by atoms with Crippen LogP contribution in [0.5, 0.6) is 0 Å². The molecule has 1 aliphatic carbocycles. The second kappa shape index (κ2) is 7.24. The average molecular weight is 484 g/mol. The zero-order chi connectivity index (χ0) is 15.6. The summed E-state index contributed by atoms with van der Waals surface area (Å²) in [5.74, 6) is -2.18. The van der Waals surface area contributed by atoms with E-state index in [1.54, 1.807) is 0 Å². The van der Waals surface area contributed by atoms with Gasteiger partial charge in [-0.25, -0.2) is 0 Å². The van der Waals surface area contributed by atoms with Crippen molar-refractivity contribution in [3.05, 3.63) is 25.6 Å². The van der Waals surface area contributed by atoms with Crippen molar-refractivity contribution in [3.8, 4) is 0 Å². The Morgan fingerprint density at radius 2 is 1.57 bits per heavy atom. The number of carboxylic acids is 1. The molecule has 0 aliphatic heterocycles. The van der Waals surface area contributed by atoms with E-state index in [-0.39, 0.29) is 5.91 Å². The van der Waals surface area contributed by atoms with Crippen molar-refractivity contribution in [2.45, 2.75) is 25.7 Å². The van der Waals surface area contributed by atoms with E-state index in [2.05, 4.69) is 53.1 Å². The Bertz CT molecular complexity index is 554. The molecule has 7 heteroatoms. The van der Waals surface area contributed by atoms with E-state index in [1.165, 1.54) is 0 Å². The fourth-order valence-electron chi connectivity index (χ4n) is 2.62. The molecule has 0 saturated heterocycles. The van der Waals surface area contributed by atoms with Crippen LogP contribution in [-0.4, -0.2) is 17.0 Å². The van der Waals surface area contributed by atoms with Crippen molar-refractivity contribution >= 4 is 65.4 Å². The molecule has 1 aliphatic rings. The van der Waals surface area contributed by atoms with E-state index >= 15 is 0 Å². The highest BCUT2D eigenvalue weighted by molar-refractivity contribution is 9.11. The number of anilines is 1. The summed E-state index contributed by atoms with van der Waals surface area (Å²) in [5, 5.41) is 12.1. The van der Waals surface area contributed by atoms with E-state index in [0.29, 0.717) is 18.5 Å². The highest BCUT2D eigenvalue weighted by Gasteiger charge is 2.36. The minimum atomic E-state index is -0.885. The third kappa shape index (κ3) is 4.07. The van der Waals surface area contributed by atoms with Gasteiger partial charge in [0.2, 0.25) is 5.91 Å². The molecular formula is C14H14Br3NO3. The molecule has 21 heavy (non-hydrogen) atoms. The minimum Gasteiger partial charge on any atom is -0.481 e. The normalized spacial score (nSPS) is 21.9. The van der Waals surface area contributed by atoms with Crippen LogP contribution in [0.15, 0.2) is 25.6 Å². The summed E-state index contributed by atoms with van der Waals surface area (Å²) in [4.78, 5) is 23.7. The number of aliphatic carboxylic acids is 1. The lowest BCUT2D eigenvalue weighted by Gasteiger charge is -2.27. The summed E-state index contributed by atoms with van der Waals surface area (Å²) >= 11 is 10.2. The average Bonchev–Trinajstić information content (AvgIpc) is 2.42. The minimum absolute atomic E-state index is 0.231. The Hall–Kier alpha value is -0.400. The second-order valence-corrected chi connectivity index (χ2v) is 7.69. The van der Waals surface area contributed by atoms with Crippen LogP contribution >= 0.6 is 47.8 Å². The van der Waals surface area contributed by atoms with Crippen LogP contribution in [-0.2, 0) is 9.59 Å². The molecule has 1 saturated carbocycles. The van der Waals surface area contributed by atoms with Crippen molar-refractivity contribution in [1.29, 1.82) is 0 Å². The monoisotopic (exact) mass is 481 g/mol. The number of rotatable bonds is 3. The molecule has 2 atom stereocenters. The molecule has 0 aromatic heterocycles. The van der Waals surface area contributed by atoms with E-state index < -0.39 is 17.8 Å². The summed E-state index contributed by atoms with van der Waals surface area (Å²) in [7, 11) is 0. The first-order chi connectivity index (χ1) is 9.90. The zero-order valence-electron chi connectivity index (χ0n) is 11.0. The van der Waals surface area contributed by atoms with E-state index in [9.17, 15) is 14.7 Å².